The zero-order valence-electron chi connectivity index (χ0n) is 18.4. The molecule has 2 aromatic carbocycles. The van der Waals surface area contributed by atoms with Gasteiger partial charge in [-0.3, -0.25) is 14.4 Å². The fourth-order valence-electron chi connectivity index (χ4n) is 4.43. The van der Waals surface area contributed by atoms with Gasteiger partial charge in [-0.1, -0.05) is 35.4 Å². The highest BCUT2D eigenvalue weighted by molar-refractivity contribution is 6.31. The molecule has 4 rings (SSSR count). The van der Waals surface area contributed by atoms with Gasteiger partial charge in [0.05, 0.1) is 5.92 Å². The van der Waals surface area contributed by atoms with Crippen LogP contribution in [0.25, 0.3) is 0 Å². The Hall–Kier alpha value is -2.86. The molecule has 2 aliphatic heterocycles. The second-order valence-corrected chi connectivity index (χ2v) is 9.23. The third-order valence-electron chi connectivity index (χ3n) is 6.45. The molecule has 2 saturated heterocycles. The lowest BCUT2D eigenvalue weighted by Crippen LogP contribution is -2.44. The number of nitrogens with one attached hydrogen (secondary N) is 1. The summed E-state index contributed by atoms with van der Waals surface area (Å²) >= 11 is 6.05. The number of rotatable bonds is 4. The van der Waals surface area contributed by atoms with Crippen LogP contribution in [0.3, 0.4) is 0 Å². The van der Waals surface area contributed by atoms with Gasteiger partial charge in [0.25, 0.3) is 0 Å². The highest BCUT2D eigenvalue weighted by atomic mass is 35.5. The topological polar surface area (TPSA) is 69.7 Å². The summed E-state index contributed by atoms with van der Waals surface area (Å²) in [5.41, 5.74) is 3.65. The number of hydrogen-bond donors (Lipinski definition) is 1. The number of aryl methyl sites for hydroxylation is 2. The number of hydrogen-bond acceptors (Lipinski definition) is 3. The first-order valence-electron chi connectivity index (χ1n) is 11.0. The minimum Gasteiger partial charge on any atom is -0.342 e. The van der Waals surface area contributed by atoms with Gasteiger partial charge in [0.15, 0.2) is 0 Å². The average molecular weight is 454 g/mol. The van der Waals surface area contributed by atoms with Crippen LogP contribution < -0.4 is 10.2 Å². The van der Waals surface area contributed by atoms with Gasteiger partial charge in [0, 0.05) is 48.4 Å². The number of likely N-dealkylation sites (tertiary alicyclic amines) is 1. The number of halogens is 1. The van der Waals surface area contributed by atoms with E-state index < -0.39 is 0 Å². The van der Waals surface area contributed by atoms with E-state index in [0.717, 1.165) is 22.5 Å². The van der Waals surface area contributed by atoms with Crippen molar-refractivity contribution in [3.8, 4) is 0 Å². The van der Waals surface area contributed by atoms with Crippen LogP contribution in [-0.4, -0.2) is 42.3 Å². The molecular weight excluding hydrogens is 426 g/mol. The minimum absolute atomic E-state index is 0.0116. The van der Waals surface area contributed by atoms with E-state index in [1.165, 1.54) is 0 Å². The largest absolute Gasteiger partial charge is 0.342 e. The number of anilines is 2. The number of piperidine rings is 1. The first-order valence-corrected chi connectivity index (χ1v) is 11.4. The van der Waals surface area contributed by atoms with Crippen LogP contribution in [0.5, 0.6) is 0 Å². The van der Waals surface area contributed by atoms with E-state index in [1.807, 2.05) is 49.1 Å². The number of nitrogens with zero attached hydrogens (tertiary/aromatic N) is 2. The van der Waals surface area contributed by atoms with Crippen LogP contribution in [0.15, 0.2) is 42.5 Å². The van der Waals surface area contributed by atoms with Crippen LogP contribution in [0, 0.1) is 25.7 Å². The van der Waals surface area contributed by atoms with Crippen LogP contribution in [0.4, 0.5) is 11.4 Å². The van der Waals surface area contributed by atoms with Gasteiger partial charge in [-0.2, -0.15) is 0 Å². The highest BCUT2D eigenvalue weighted by Gasteiger charge is 2.38. The zero-order valence-corrected chi connectivity index (χ0v) is 19.2. The first-order chi connectivity index (χ1) is 15.3. The Morgan fingerprint density at radius 3 is 2.38 bits per heavy atom. The van der Waals surface area contributed by atoms with Crippen LogP contribution in [0.1, 0.15) is 30.4 Å². The molecule has 1 atom stereocenters. The lowest BCUT2D eigenvalue weighted by Gasteiger charge is -2.33. The second kappa shape index (κ2) is 9.33. The quantitative estimate of drug-likeness (QED) is 0.754. The van der Waals surface area contributed by atoms with Gasteiger partial charge < -0.3 is 15.1 Å². The molecule has 0 bridgehead atoms. The molecule has 168 valence electrons. The summed E-state index contributed by atoms with van der Waals surface area (Å²) in [6, 6.07) is 13.2. The smallest absolute Gasteiger partial charge is 0.228 e. The third-order valence-corrected chi connectivity index (χ3v) is 6.69. The summed E-state index contributed by atoms with van der Waals surface area (Å²) < 4.78 is 0. The Labute approximate surface area is 193 Å². The Morgan fingerprint density at radius 1 is 1.00 bits per heavy atom. The maximum Gasteiger partial charge on any atom is 0.228 e. The predicted molar refractivity (Wildman–Crippen MR) is 126 cm³/mol. The molecule has 3 amide bonds. The van der Waals surface area contributed by atoms with Crippen LogP contribution in [-0.2, 0) is 14.4 Å². The maximum absolute atomic E-state index is 13.1. The summed E-state index contributed by atoms with van der Waals surface area (Å²) in [5, 5.41) is 3.56. The van der Waals surface area contributed by atoms with E-state index in [4.69, 9.17) is 11.6 Å². The van der Waals surface area contributed by atoms with Gasteiger partial charge in [-0.05, 0) is 56.5 Å². The van der Waals surface area contributed by atoms with E-state index in [0.29, 0.717) is 37.5 Å². The van der Waals surface area contributed by atoms with Gasteiger partial charge in [-0.15, -0.1) is 0 Å². The maximum atomic E-state index is 13.1. The monoisotopic (exact) mass is 453 g/mol. The van der Waals surface area contributed by atoms with E-state index in [9.17, 15) is 14.4 Å². The van der Waals surface area contributed by atoms with Crippen molar-refractivity contribution in [3.05, 3.63) is 58.6 Å². The van der Waals surface area contributed by atoms with E-state index >= 15 is 0 Å². The van der Waals surface area contributed by atoms with E-state index in [2.05, 4.69) is 5.32 Å². The molecule has 6 nitrogen and oxygen atoms in total. The minimum atomic E-state index is -0.330. The molecule has 7 heteroatoms. The normalized spacial score (nSPS) is 19.3. The molecule has 1 N–H and O–H groups in total. The highest BCUT2D eigenvalue weighted by Crippen LogP contribution is 2.29. The molecule has 0 spiro atoms. The predicted octanol–water partition coefficient (Wildman–Crippen LogP) is 4.19. The Bertz CT molecular complexity index is 1030. The van der Waals surface area contributed by atoms with Gasteiger partial charge in [-0.25, -0.2) is 0 Å². The fourth-order valence-corrected chi connectivity index (χ4v) is 4.60. The summed E-state index contributed by atoms with van der Waals surface area (Å²) in [7, 11) is 0. The number of carbonyl (C=O) groups is 3. The SMILES string of the molecule is Cc1ccc(N2C[C@@H](C(=O)N3CCC(C(=O)Nc4cc(Cl)ccc4C)CC3)CC2=O)cc1. The van der Waals surface area contributed by atoms with Gasteiger partial charge in [0.1, 0.15) is 0 Å². The van der Waals surface area contributed by atoms with Gasteiger partial charge >= 0.3 is 0 Å². The Kier molecular flexibility index (Phi) is 6.51. The summed E-state index contributed by atoms with van der Waals surface area (Å²) in [5.74, 6) is -0.519. The Balaban J connectivity index is 1.31. The van der Waals surface area contributed by atoms with E-state index in [-0.39, 0.29) is 36.0 Å². The number of amides is 3. The molecule has 0 aliphatic carbocycles. The van der Waals surface area contributed by atoms with Crippen molar-refractivity contribution in [1.82, 2.24) is 4.90 Å². The van der Waals surface area contributed by atoms with Crippen molar-refractivity contribution < 1.29 is 14.4 Å². The summed E-state index contributed by atoms with van der Waals surface area (Å²) in [6.45, 7) is 5.40. The third kappa shape index (κ3) is 4.80. The molecule has 2 fully saturated rings. The molecule has 0 radical (unpaired) electrons. The lowest BCUT2D eigenvalue weighted by atomic mass is 9.94. The Morgan fingerprint density at radius 2 is 1.69 bits per heavy atom. The fraction of sp³-hybridized carbons (Fsp3) is 0.400. The molecule has 2 aliphatic rings. The molecule has 0 aromatic heterocycles. The van der Waals surface area contributed by atoms with Crippen LogP contribution >= 0.6 is 11.6 Å². The van der Waals surface area contributed by atoms with Crippen molar-refractivity contribution in [2.45, 2.75) is 33.1 Å². The molecule has 2 aromatic rings. The molecule has 0 unspecified atom stereocenters. The van der Waals surface area contributed by atoms with Crippen molar-refractivity contribution >= 4 is 40.7 Å². The lowest BCUT2D eigenvalue weighted by molar-refractivity contribution is -0.138. The van der Waals surface area contributed by atoms with Crippen molar-refractivity contribution in [1.29, 1.82) is 0 Å². The van der Waals surface area contributed by atoms with Crippen LogP contribution in [0.2, 0.25) is 5.02 Å². The first kappa shape index (κ1) is 22.3. The molecule has 0 saturated carbocycles. The van der Waals surface area contributed by atoms with Gasteiger partial charge in [0.2, 0.25) is 17.7 Å². The summed E-state index contributed by atoms with van der Waals surface area (Å²) in [6.07, 6.45) is 1.46. The van der Waals surface area contributed by atoms with Crippen molar-refractivity contribution in [3.63, 3.8) is 0 Å². The van der Waals surface area contributed by atoms with Crippen molar-refractivity contribution in [2.75, 3.05) is 29.9 Å². The van der Waals surface area contributed by atoms with Crippen molar-refractivity contribution in [2.24, 2.45) is 11.8 Å². The molecule has 2 heterocycles. The molecule has 32 heavy (non-hydrogen) atoms. The second-order valence-electron chi connectivity index (χ2n) is 8.79. The average Bonchev–Trinajstić information content (AvgIpc) is 3.18. The standard InChI is InChI=1S/C25H28ClN3O3/c1-16-3-7-21(8-4-16)29-15-19(13-23(29)30)25(32)28-11-9-18(10-12-28)24(31)27-22-14-20(26)6-5-17(22)2/h3-8,14,18-19H,9-13,15H2,1-2H3,(H,27,31)/t19-/m0/s1. The zero-order chi connectivity index (χ0) is 22.8. The number of benzene rings is 2. The van der Waals surface area contributed by atoms with E-state index in [1.54, 1.807) is 17.0 Å². The summed E-state index contributed by atoms with van der Waals surface area (Å²) in [4.78, 5) is 41.8. The number of carbonyl (C=O) groups excluding carboxylic acids is 3. The molecular formula is C25H28ClN3O3.